The largest absolute Gasteiger partial charge is 0.398 e. The van der Waals surface area contributed by atoms with Gasteiger partial charge in [-0.05, 0) is 49.2 Å². The van der Waals surface area contributed by atoms with E-state index in [1.54, 1.807) is 4.57 Å². The Kier molecular flexibility index (Phi) is 3.06. The molecule has 0 atom stereocenters. The van der Waals surface area contributed by atoms with E-state index in [4.69, 9.17) is 17.3 Å². The van der Waals surface area contributed by atoms with Gasteiger partial charge in [0, 0.05) is 10.9 Å². The molecule has 1 heterocycles. The second-order valence-electron chi connectivity index (χ2n) is 4.65. The van der Waals surface area contributed by atoms with E-state index in [1.165, 1.54) is 11.8 Å². The molecule has 1 aromatic heterocycles. The topological polar surface area (TPSA) is 76.7 Å². The third kappa shape index (κ3) is 2.37. The molecule has 0 saturated heterocycles. The number of hydrogen-bond donors (Lipinski definition) is 2. The van der Waals surface area contributed by atoms with Gasteiger partial charge in [0.1, 0.15) is 0 Å². The van der Waals surface area contributed by atoms with E-state index < -0.39 is 0 Å². The van der Waals surface area contributed by atoms with E-state index in [1.807, 2.05) is 19.1 Å². The number of nitrogens with two attached hydrogens (primary N) is 1. The van der Waals surface area contributed by atoms with Gasteiger partial charge in [-0.3, -0.25) is 4.57 Å². The Morgan fingerprint density at radius 2 is 2.26 bits per heavy atom. The summed E-state index contributed by atoms with van der Waals surface area (Å²) in [6.45, 7) is 1.96. The minimum atomic E-state index is -0.149. The zero-order valence-electron chi connectivity index (χ0n) is 10.3. The summed E-state index contributed by atoms with van der Waals surface area (Å²) in [5.74, 6) is 0. The molecule has 0 bridgehead atoms. The lowest BCUT2D eigenvalue weighted by molar-refractivity contribution is 0.642. The summed E-state index contributed by atoms with van der Waals surface area (Å²) < 4.78 is 1.72. The summed E-state index contributed by atoms with van der Waals surface area (Å²) in [6, 6.07) is 3.93. The molecule has 0 unspecified atom stereocenters. The van der Waals surface area contributed by atoms with Crippen LogP contribution in [0.25, 0.3) is 0 Å². The number of nitrogens with one attached hydrogen (secondary N) is 1. The molecule has 19 heavy (non-hydrogen) atoms. The molecule has 5 nitrogen and oxygen atoms in total. The Hall–Kier alpha value is -1.40. The molecule has 1 aliphatic rings. The van der Waals surface area contributed by atoms with Crippen molar-refractivity contribution in [3.8, 4) is 0 Å². The predicted molar refractivity (Wildman–Crippen MR) is 75.8 cm³/mol. The van der Waals surface area contributed by atoms with Crippen molar-refractivity contribution in [2.75, 3.05) is 5.73 Å². The fraction of sp³-hybridized carbons (Fsp3) is 0.333. The summed E-state index contributed by atoms with van der Waals surface area (Å²) in [5, 5.41) is 7.78. The van der Waals surface area contributed by atoms with Gasteiger partial charge < -0.3 is 5.73 Å². The smallest absolute Gasteiger partial charge is 0.344 e. The van der Waals surface area contributed by atoms with Gasteiger partial charge in [-0.1, -0.05) is 11.6 Å². The van der Waals surface area contributed by atoms with E-state index in [2.05, 4.69) is 10.2 Å². The summed E-state index contributed by atoms with van der Waals surface area (Å²) in [6.07, 6.45) is 2.07. The van der Waals surface area contributed by atoms with Gasteiger partial charge in [0.2, 0.25) is 0 Å². The number of rotatable bonds is 3. The lowest BCUT2D eigenvalue weighted by Crippen LogP contribution is -2.16. The first-order valence-electron chi connectivity index (χ1n) is 5.96. The van der Waals surface area contributed by atoms with E-state index in [0.29, 0.717) is 21.9 Å². The van der Waals surface area contributed by atoms with Crippen molar-refractivity contribution in [2.24, 2.45) is 0 Å². The first-order valence-corrected chi connectivity index (χ1v) is 7.16. The Morgan fingerprint density at radius 1 is 1.53 bits per heavy atom. The lowest BCUT2D eigenvalue weighted by atomic mass is 10.2. The molecule has 1 saturated carbocycles. The average molecular weight is 297 g/mol. The number of H-pyrrole nitrogens is 1. The van der Waals surface area contributed by atoms with Gasteiger partial charge in [-0.15, -0.1) is 5.10 Å². The molecule has 1 aromatic carbocycles. The van der Waals surface area contributed by atoms with Gasteiger partial charge in [0.25, 0.3) is 0 Å². The van der Waals surface area contributed by atoms with Crippen LogP contribution in [-0.2, 0) is 0 Å². The number of anilines is 1. The highest BCUT2D eigenvalue weighted by atomic mass is 35.5. The molecular weight excluding hydrogens is 284 g/mol. The van der Waals surface area contributed by atoms with E-state index >= 15 is 0 Å². The van der Waals surface area contributed by atoms with Crippen LogP contribution in [0, 0.1) is 6.92 Å². The maximum absolute atomic E-state index is 11.7. The van der Waals surface area contributed by atoms with Crippen molar-refractivity contribution < 1.29 is 0 Å². The Bertz CT molecular complexity index is 690. The van der Waals surface area contributed by atoms with Gasteiger partial charge in [0.15, 0.2) is 5.16 Å². The Morgan fingerprint density at radius 3 is 2.95 bits per heavy atom. The Balaban J connectivity index is 1.98. The minimum Gasteiger partial charge on any atom is -0.398 e. The van der Waals surface area contributed by atoms with Crippen LogP contribution >= 0.6 is 23.4 Å². The summed E-state index contributed by atoms with van der Waals surface area (Å²) >= 11 is 7.47. The van der Waals surface area contributed by atoms with Crippen LogP contribution in [-0.4, -0.2) is 14.8 Å². The lowest BCUT2D eigenvalue weighted by Gasteiger charge is -2.08. The maximum atomic E-state index is 11.7. The molecule has 0 amide bonds. The Labute approximate surface area is 119 Å². The molecule has 3 N–H and O–H groups in total. The number of halogens is 1. The van der Waals surface area contributed by atoms with Crippen molar-refractivity contribution in [3.63, 3.8) is 0 Å². The normalized spacial score (nSPS) is 14.8. The second-order valence-corrected chi connectivity index (χ2v) is 6.07. The maximum Gasteiger partial charge on any atom is 0.344 e. The molecule has 0 aliphatic heterocycles. The van der Waals surface area contributed by atoms with Crippen molar-refractivity contribution in [1.29, 1.82) is 0 Å². The van der Waals surface area contributed by atoms with Crippen molar-refractivity contribution in [3.05, 3.63) is 33.2 Å². The van der Waals surface area contributed by atoms with Crippen LogP contribution in [0.2, 0.25) is 5.02 Å². The fourth-order valence-electron chi connectivity index (χ4n) is 1.91. The molecular formula is C12H13ClN4OS. The van der Waals surface area contributed by atoms with Gasteiger partial charge in [-0.25, -0.2) is 9.89 Å². The number of aromatic nitrogens is 3. The van der Waals surface area contributed by atoms with Gasteiger partial charge >= 0.3 is 5.69 Å². The third-order valence-electron chi connectivity index (χ3n) is 3.08. The summed E-state index contributed by atoms with van der Waals surface area (Å²) in [7, 11) is 0. The average Bonchev–Trinajstić information content (AvgIpc) is 3.12. The predicted octanol–water partition coefficient (Wildman–Crippen LogP) is 2.60. The molecule has 3 rings (SSSR count). The van der Waals surface area contributed by atoms with Crippen molar-refractivity contribution in [1.82, 2.24) is 14.8 Å². The quantitative estimate of drug-likeness (QED) is 0.854. The standard InChI is InChI=1S/C12H13ClN4OS/c1-6-4-9(14)8(13)5-10(6)19-12-16-15-11(18)17(12)7-2-3-7/h4-5,7H,2-3,14H2,1H3,(H,15,18). The molecule has 0 spiro atoms. The second kappa shape index (κ2) is 4.61. The molecule has 1 aliphatic carbocycles. The first kappa shape index (κ1) is 12.6. The van der Waals surface area contributed by atoms with Gasteiger partial charge in [-0.2, -0.15) is 0 Å². The van der Waals surface area contributed by atoms with Crippen LogP contribution in [0.1, 0.15) is 24.4 Å². The highest BCUT2D eigenvalue weighted by Crippen LogP contribution is 2.39. The summed E-state index contributed by atoms with van der Waals surface area (Å²) in [4.78, 5) is 12.7. The number of hydrogen-bond acceptors (Lipinski definition) is 4. The molecule has 100 valence electrons. The van der Waals surface area contributed by atoms with Crippen molar-refractivity contribution in [2.45, 2.75) is 35.9 Å². The SMILES string of the molecule is Cc1cc(N)c(Cl)cc1Sc1n[nH]c(=O)n1C1CC1. The van der Waals surface area contributed by atoms with Crippen molar-refractivity contribution >= 4 is 29.1 Å². The van der Waals surface area contributed by atoms with Gasteiger partial charge in [0.05, 0.1) is 10.7 Å². The van der Waals surface area contributed by atoms with E-state index in [0.717, 1.165) is 23.3 Å². The minimum absolute atomic E-state index is 0.149. The number of nitrogen functional groups attached to an aromatic ring is 1. The van der Waals surface area contributed by atoms with Crippen LogP contribution in [0.3, 0.4) is 0 Å². The zero-order chi connectivity index (χ0) is 13.6. The first-order chi connectivity index (χ1) is 9.06. The fourth-order valence-corrected chi connectivity index (χ4v) is 3.15. The van der Waals surface area contributed by atoms with E-state index in [-0.39, 0.29) is 5.69 Å². The highest BCUT2D eigenvalue weighted by molar-refractivity contribution is 7.99. The number of nitrogens with zero attached hydrogens (tertiary/aromatic N) is 2. The summed E-state index contributed by atoms with van der Waals surface area (Å²) in [5.41, 5.74) is 7.19. The third-order valence-corrected chi connectivity index (χ3v) is 4.54. The monoisotopic (exact) mass is 296 g/mol. The number of aryl methyl sites for hydroxylation is 1. The molecule has 7 heteroatoms. The van der Waals surface area contributed by atoms with Crippen LogP contribution in [0.4, 0.5) is 5.69 Å². The van der Waals surface area contributed by atoms with Crippen LogP contribution in [0.5, 0.6) is 0 Å². The van der Waals surface area contributed by atoms with Crippen LogP contribution in [0.15, 0.2) is 27.0 Å². The molecule has 0 radical (unpaired) electrons. The zero-order valence-corrected chi connectivity index (χ0v) is 11.9. The molecule has 2 aromatic rings. The van der Waals surface area contributed by atoms with E-state index in [9.17, 15) is 4.79 Å². The molecule has 1 fully saturated rings. The number of benzene rings is 1. The number of aromatic amines is 1. The van der Waals surface area contributed by atoms with Crippen LogP contribution < -0.4 is 11.4 Å². The highest BCUT2D eigenvalue weighted by Gasteiger charge is 2.28.